The van der Waals surface area contributed by atoms with E-state index < -0.39 is 17.6 Å². The number of para-hydroxylation sites is 1. The van der Waals surface area contributed by atoms with Crippen LogP contribution in [0.15, 0.2) is 48.5 Å². The number of carbonyl (C=O) groups is 1. The van der Waals surface area contributed by atoms with E-state index in [1.165, 1.54) is 18.2 Å². The smallest absolute Gasteiger partial charge is 0.332 e. The molecule has 0 bridgehead atoms. The van der Waals surface area contributed by atoms with Crippen LogP contribution in [0.25, 0.3) is 0 Å². The molecule has 1 amide bonds. The summed E-state index contributed by atoms with van der Waals surface area (Å²) in [5, 5.41) is 4.60. The van der Waals surface area contributed by atoms with Crippen LogP contribution in [0.4, 0.5) is 18.9 Å². The zero-order valence-electron chi connectivity index (χ0n) is 12.8. The first-order chi connectivity index (χ1) is 11.3. The van der Waals surface area contributed by atoms with Crippen LogP contribution in [0.2, 0.25) is 0 Å². The largest absolute Gasteiger partial charge is 0.418 e. The zero-order chi connectivity index (χ0) is 17.7. The van der Waals surface area contributed by atoms with Gasteiger partial charge in [-0.2, -0.15) is 13.2 Å². The zero-order valence-corrected chi connectivity index (χ0v) is 13.6. The highest BCUT2D eigenvalue weighted by Gasteiger charge is 2.33. The molecule has 7 heteroatoms. The van der Waals surface area contributed by atoms with Crippen LogP contribution in [0.1, 0.15) is 28.4 Å². The van der Waals surface area contributed by atoms with E-state index in [2.05, 4.69) is 10.6 Å². The fourth-order valence-corrected chi connectivity index (χ4v) is 2.26. The van der Waals surface area contributed by atoms with Gasteiger partial charge in [-0.15, -0.1) is 0 Å². The fraction of sp³-hybridized carbons (Fsp3) is 0.176. The Labute approximate surface area is 142 Å². The third-order valence-corrected chi connectivity index (χ3v) is 3.54. The maximum atomic E-state index is 12.9. The molecule has 3 nitrogen and oxygen atoms in total. The molecule has 126 valence electrons. The van der Waals surface area contributed by atoms with Gasteiger partial charge in [0, 0.05) is 5.56 Å². The van der Waals surface area contributed by atoms with Gasteiger partial charge in [0.25, 0.3) is 5.91 Å². The van der Waals surface area contributed by atoms with E-state index in [-0.39, 0.29) is 10.8 Å². The standard InChI is InChI=1S/C17H15F3N2OS/c1-2-11-7-9-12(10-8-11)15(23)22-16(24)21-14-6-4-3-5-13(14)17(18,19)20/h3-10H,2H2,1H3,(H2,21,22,23,24). The van der Waals surface area contributed by atoms with Crippen molar-refractivity contribution < 1.29 is 18.0 Å². The van der Waals surface area contributed by atoms with Crippen molar-refractivity contribution in [1.82, 2.24) is 5.32 Å². The van der Waals surface area contributed by atoms with Gasteiger partial charge in [-0.1, -0.05) is 31.2 Å². The van der Waals surface area contributed by atoms with Crippen LogP contribution in [0.5, 0.6) is 0 Å². The number of rotatable bonds is 3. The molecule has 0 aliphatic rings. The van der Waals surface area contributed by atoms with E-state index in [9.17, 15) is 18.0 Å². The third kappa shape index (κ3) is 4.55. The molecule has 2 aromatic carbocycles. The van der Waals surface area contributed by atoms with Gasteiger partial charge in [0.05, 0.1) is 11.3 Å². The molecule has 2 N–H and O–H groups in total. The highest BCUT2D eigenvalue weighted by atomic mass is 32.1. The average molecular weight is 352 g/mol. The summed E-state index contributed by atoms with van der Waals surface area (Å²) in [5.41, 5.74) is 0.386. The summed E-state index contributed by atoms with van der Waals surface area (Å²) in [4.78, 5) is 12.1. The second kappa shape index (κ2) is 7.44. The van der Waals surface area contributed by atoms with Gasteiger partial charge in [-0.25, -0.2) is 0 Å². The summed E-state index contributed by atoms with van der Waals surface area (Å²) < 4.78 is 38.8. The molecule has 0 spiro atoms. The summed E-state index contributed by atoms with van der Waals surface area (Å²) in [6.45, 7) is 1.99. The van der Waals surface area contributed by atoms with Crippen LogP contribution in [0.3, 0.4) is 0 Å². The number of carbonyl (C=O) groups excluding carboxylic acids is 1. The van der Waals surface area contributed by atoms with Crippen molar-refractivity contribution in [3.05, 3.63) is 65.2 Å². The lowest BCUT2D eigenvalue weighted by molar-refractivity contribution is -0.136. The van der Waals surface area contributed by atoms with Gasteiger partial charge >= 0.3 is 6.18 Å². The Morgan fingerprint density at radius 3 is 2.29 bits per heavy atom. The van der Waals surface area contributed by atoms with Crippen molar-refractivity contribution in [2.45, 2.75) is 19.5 Å². The summed E-state index contributed by atoms with van der Waals surface area (Å²) in [5.74, 6) is -0.486. The molecule has 2 rings (SSSR count). The number of aryl methyl sites for hydroxylation is 1. The van der Waals surface area contributed by atoms with Crippen LogP contribution >= 0.6 is 12.2 Å². The number of anilines is 1. The third-order valence-electron chi connectivity index (χ3n) is 3.33. The average Bonchev–Trinajstić information content (AvgIpc) is 2.54. The number of alkyl halides is 3. The van der Waals surface area contributed by atoms with E-state index in [1.54, 1.807) is 12.1 Å². The summed E-state index contributed by atoms with van der Waals surface area (Å²) in [6.07, 6.45) is -3.67. The van der Waals surface area contributed by atoms with Crippen molar-refractivity contribution >= 4 is 28.9 Å². The predicted molar refractivity (Wildman–Crippen MR) is 91.0 cm³/mol. The topological polar surface area (TPSA) is 41.1 Å². The molecule has 2 aromatic rings. The molecular weight excluding hydrogens is 337 g/mol. The minimum absolute atomic E-state index is 0.198. The van der Waals surface area contributed by atoms with Crippen LogP contribution in [-0.4, -0.2) is 11.0 Å². The molecule has 0 heterocycles. The number of hydrogen-bond donors (Lipinski definition) is 2. The number of nitrogens with one attached hydrogen (secondary N) is 2. The van der Waals surface area contributed by atoms with E-state index in [4.69, 9.17) is 12.2 Å². The van der Waals surface area contributed by atoms with Gasteiger partial charge in [0.15, 0.2) is 5.11 Å². The van der Waals surface area contributed by atoms with Crippen LogP contribution in [-0.2, 0) is 12.6 Å². The Morgan fingerprint density at radius 2 is 1.71 bits per heavy atom. The Hall–Kier alpha value is -2.41. The van der Waals surface area contributed by atoms with Crippen molar-refractivity contribution in [2.24, 2.45) is 0 Å². The van der Waals surface area contributed by atoms with Crippen molar-refractivity contribution in [1.29, 1.82) is 0 Å². The lowest BCUT2D eigenvalue weighted by Crippen LogP contribution is -2.34. The van der Waals surface area contributed by atoms with Crippen molar-refractivity contribution in [3.8, 4) is 0 Å². The van der Waals surface area contributed by atoms with Gasteiger partial charge in [0.1, 0.15) is 0 Å². The SMILES string of the molecule is CCc1ccc(C(=O)NC(=S)Nc2ccccc2C(F)(F)F)cc1. The van der Waals surface area contributed by atoms with Gasteiger partial charge in [0.2, 0.25) is 0 Å². The van der Waals surface area contributed by atoms with E-state index >= 15 is 0 Å². The molecule has 0 aliphatic heterocycles. The molecule has 24 heavy (non-hydrogen) atoms. The Balaban J connectivity index is 2.07. The predicted octanol–water partition coefficient (Wildman–Crippen LogP) is 4.39. The highest BCUT2D eigenvalue weighted by Crippen LogP contribution is 2.34. The quantitative estimate of drug-likeness (QED) is 0.805. The van der Waals surface area contributed by atoms with Gasteiger partial charge in [-0.3, -0.25) is 10.1 Å². The minimum Gasteiger partial charge on any atom is -0.332 e. The second-order valence-electron chi connectivity index (χ2n) is 5.00. The molecule has 0 saturated heterocycles. The molecule has 0 fully saturated rings. The Bertz CT molecular complexity index is 742. The number of amides is 1. The molecule has 0 atom stereocenters. The van der Waals surface area contributed by atoms with Crippen molar-refractivity contribution in [3.63, 3.8) is 0 Å². The summed E-state index contributed by atoms with van der Waals surface area (Å²) in [7, 11) is 0. The van der Waals surface area contributed by atoms with E-state index in [0.717, 1.165) is 18.1 Å². The molecule has 0 aliphatic carbocycles. The maximum absolute atomic E-state index is 12.9. The minimum atomic E-state index is -4.51. The van der Waals surface area contributed by atoms with Crippen LogP contribution < -0.4 is 10.6 Å². The number of benzene rings is 2. The van der Waals surface area contributed by atoms with Gasteiger partial charge in [-0.05, 0) is 48.5 Å². The van der Waals surface area contributed by atoms with Crippen molar-refractivity contribution in [2.75, 3.05) is 5.32 Å². The Kier molecular flexibility index (Phi) is 5.56. The van der Waals surface area contributed by atoms with Gasteiger partial charge < -0.3 is 5.32 Å². The molecule has 0 radical (unpaired) electrons. The second-order valence-corrected chi connectivity index (χ2v) is 5.41. The Morgan fingerprint density at radius 1 is 1.08 bits per heavy atom. The summed E-state index contributed by atoms with van der Waals surface area (Å²) in [6, 6.07) is 11.8. The number of thiocarbonyl (C=S) groups is 1. The monoisotopic (exact) mass is 352 g/mol. The molecular formula is C17H15F3N2OS. The molecule has 0 unspecified atom stereocenters. The first-order valence-electron chi connectivity index (χ1n) is 7.18. The lowest BCUT2D eigenvalue weighted by atomic mass is 10.1. The molecule has 0 aromatic heterocycles. The highest BCUT2D eigenvalue weighted by molar-refractivity contribution is 7.80. The number of hydrogen-bond acceptors (Lipinski definition) is 2. The van der Waals surface area contributed by atoms with Crippen LogP contribution in [0, 0.1) is 0 Å². The maximum Gasteiger partial charge on any atom is 0.418 e. The van der Waals surface area contributed by atoms with E-state index in [0.29, 0.717) is 5.56 Å². The fourth-order valence-electron chi connectivity index (χ4n) is 2.06. The van der Waals surface area contributed by atoms with E-state index in [1.807, 2.05) is 19.1 Å². The number of halogens is 3. The first kappa shape index (κ1) is 17.9. The normalized spacial score (nSPS) is 11.0. The first-order valence-corrected chi connectivity index (χ1v) is 7.59. The summed E-state index contributed by atoms with van der Waals surface area (Å²) >= 11 is 4.93. The molecule has 0 saturated carbocycles. The lowest BCUT2D eigenvalue weighted by Gasteiger charge is -2.15.